The van der Waals surface area contributed by atoms with Crippen molar-refractivity contribution in [2.45, 2.75) is 6.92 Å². The van der Waals surface area contributed by atoms with Crippen LogP contribution in [0.4, 0.5) is 11.4 Å². The Labute approximate surface area is 187 Å². The zero-order valence-corrected chi connectivity index (χ0v) is 18.5. The minimum atomic E-state index is -0.599. The smallest absolute Gasteiger partial charge is 0.338 e. The summed E-state index contributed by atoms with van der Waals surface area (Å²) in [6, 6.07) is 11.5. The van der Waals surface area contributed by atoms with Crippen LogP contribution in [0.3, 0.4) is 0 Å². The molecule has 164 valence electrons. The van der Waals surface area contributed by atoms with Gasteiger partial charge in [0.15, 0.2) is 6.61 Å². The van der Waals surface area contributed by atoms with Crippen molar-refractivity contribution in [1.82, 2.24) is 4.90 Å². The van der Waals surface area contributed by atoms with Gasteiger partial charge in [0.1, 0.15) is 11.4 Å². The molecule has 0 atom stereocenters. The molecule has 31 heavy (non-hydrogen) atoms. The molecule has 1 amide bonds. The molecule has 0 spiro atoms. The molecule has 0 radical (unpaired) electrons. The Bertz CT molecular complexity index is 958. The van der Waals surface area contributed by atoms with Crippen LogP contribution in [0.5, 0.6) is 5.75 Å². The maximum Gasteiger partial charge on any atom is 0.338 e. The van der Waals surface area contributed by atoms with Gasteiger partial charge in [0.25, 0.3) is 11.6 Å². The number of nitrogens with zero attached hydrogens (tertiary/aromatic N) is 3. The first-order valence-electron chi connectivity index (χ1n) is 9.75. The van der Waals surface area contributed by atoms with E-state index in [4.69, 9.17) is 9.47 Å². The van der Waals surface area contributed by atoms with Crippen LogP contribution < -0.4 is 9.64 Å². The number of hydrogen-bond acceptors (Lipinski definition) is 7. The lowest BCUT2D eigenvalue weighted by Crippen LogP contribution is -2.50. The van der Waals surface area contributed by atoms with Gasteiger partial charge in [0.05, 0.1) is 17.1 Å². The molecule has 1 aliphatic rings. The van der Waals surface area contributed by atoms with Crippen LogP contribution in [0.25, 0.3) is 0 Å². The standard InChI is InChI=1S/C21H22BrN3O6/c1-2-30-21(27)15-3-8-18(19(13-15)25(28)29)23-9-11-24(12-10-23)20(26)14-31-17-6-4-16(22)5-7-17/h3-8,13H,2,9-12,14H2,1H3. The number of anilines is 1. The Morgan fingerprint density at radius 1 is 1.10 bits per heavy atom. The molecule has 0 N–H and O–H groups in total. The molecular formula is C21H22BrN3O6. The molecule has 3 rings (SSSR count). The van der Waals surface area contributed by atoms with Gasteiger partial charge in [0, 0.05) is 36.7 Å². The van der Waals surface area contributed by atoms with Gasteiger partial charge in [-0.3, -0.25) is 14.9 Å². The topological polar surface area (TPSA) is 102 Å². The van der Waals surface area contributed by atoms with Gasteiger partial charge < -0.3 is 19.3 Å². The third-order valence-electron chi connectivity index (χ3n) is 4.83. The highest BCUT2D eigenvalue weighted by molar-refractivity contribution is 9.10. The highest BCUT2D eigenvalue weighted by Gasteiger charge is 2.27. The molecule has 2 aromatic rings. The fraction of sp³-hybridized carbons (Fsp3) is 0.333. The average molecular weight is 492 g/mol. The number of hydrogen-bond donors (Lipinski definition) is 0. The predicted molar refractivity (Wildman–Crippen MR) is 117 cm³/mol. The van der Waals surface area contributed by atoms with Gasteiger partial charge in [-0.2, -0.15) is 0 Å². The molecule has 0 aromatic heterocycles. The molecule has 0 unspecified atom stereocenters. The van der Waals surface area contributed by atoms with Gasteiger partial charge >= 0.3 is 5.97 Å². The lowest BCUT2D eigenvalue weighted by Gasteiger charge is -2.35. The van der Waals surface area contributed by atoms with Crippen LogP contribution in [0.15, 0.2) is 46.9 Å². The number of halogens is 1. The molecule has 9 nitrogen and oxygen atoms in total. The number of benzene rings is 2. The number of carbonyl (C=O) groups excluding carboxylic acids is 2. The van der Waals surface area contributed by atoms with Gasteiger partial charge in [-0.25, -0.2) is 4.79 Å². The van der Waals surface area contributed by atoms with Crippen molar-refractivity contribution in [2.75, 3.05) is 44.3 Å². The fourth-order valence-electron chi connectivity index (χ4n) is 3.24. The molecule has 0 saturated carbocycles. The number of amides is 1. The summed E-state index contributed by atoms with van der Waals surface area (Å²) < 4.78 is 11.4. The Morgan fingerprint density at radius 2 is 1.77 bits per heavy atom. The van der Waals surface area contributed by atoms with E-state index in [-0.39, 0.29) is 30.4 Å². The van der Waals surface area contributed by atoms with Crippen LogP contribution in [0.2, 0.25) is 0 Å². The van der Waals surface area contributed by atoms with Crippen LogP contribution in [-0.4, -0.2) is 61.1 Å². The van der Waals surface area contributed by atoms with Gasteiger partial charge in [-0.1, -0.05) is 15.9 Å². The largest absolute Gasteiger partial charge is 0.484 e. The molecular weight excluding hydrogens is 470 g/mol. The summed E-state index contributed by atoms with van der Waals surface area (Å²) in [5.74, 6) is -0.138. The van der Waals surface area contributed by atoms with Crippen molar-refractivity contribution >= 4 is 39.2 Å². The second-order valence-electron chi connectivity index (χ2n) is 6.79. The summed E-state index contributed by atoms with van der Waals surface area (Å²) in [5, 5.41) is 11.6. The Balaban J connectivity index is 1.60. The van der Waals surface area contributed by atoms with E-state index in [1.807, 2.05) is 17.0 Å². The third-order valence-corrected chi connectivity index (χ3v) is 5.36. The Morgan fingerprint density at radius 3 is 2.39 bits per heavy atom. The summed E-state index contributed by atoms with van der Waals surface area (Å²) in [6.07, 6.45) is 0. The lowest BCUT2D eigenvalue weighted by molar-refractivity contribution is -0.384. The minimum Gasteiger partial charge on any atom is -0.484 e. The fourth-order valence-corrected chi connectivity index (χ4v) is 3.51. The zero-order chi connectivity index (χ0) is 22.4. The average Bonchev–Trinajstić information content (AvgIpc) is 2.78. The zero-order valence-electron chi connectivity index (χ0n) is 17.0. The summed E-state index contributed by atoms with van der Waals surface area (Å²) in [6.45, 7) is 3.49. The molecule has 1 heterocycles. The molecule has 0 bridgehead atoms. The van der Waals surface area contributed by atoms with Crippen molar-refractivity contribution in [3.63, 3.8) is 0 Å². The van der Waals surface area contributed by atoms with E-state index in [0.717, 1.165) is 4.47 Å². The van der Waals surface area contributed by atoms with Crippen molar-refractivity contribution in [3.05, 3.63) is 62.6 Å². The van der Waals surface area contributed by atoms with Crippen molar-refractivity contribution in [2.24, 2.45) is 0 Å². The Hall–Kier alpha value is -3.14. The van der Waals surface area contributed by atoms with Crippen LogP contribution >= 0.6 is 15.9 Å². The van der Waals surface area contributed by atoms with Gasteiger partial charge in [0.2, 0.25) is 0 Å². The number of nitro groups is 1. The quantitative estimate of drug-likeness (QED) is 0.332. The molecule has 10 heteroatoms. The van der Waals surface area contributed by atoms with Crippen molar-refractivity contribution in [3.8, 4) is 5.75 Å². The van der Waals surface area contributed by atoms with Gasteiger partial charge in [-0.05, 0) is 43.3 Å². The molecule has 2 aromatic carbocycles. The van der Waals surface area contributed by atoms with E-state index in [2.05, 4.69) is 15.9 Å². The molecule has 0 aliphatic carbocycles. The van der Waals surface area contributed by atoms with Crippen molar-refractivity contribution in [1.29, 1.82) is 0 Å². The van der Waals surface area contributed by atoms with E-state index in [0.29, 0.717) is 37.6 Å². The maximum atomic E-state index is 12.5. The monoisotopic (exact) mass is 491 g/mol. The number of piperazine rings is 1. The summed E-state index contributed by atoms with van der Waals surface area (Å²) >= 11 is 3.34. The van der Waals surface area contributed by atoms with E-state index >= 15 is 0 Å². The molecule has 1 saturated heterocycles. The second-order valence-corrected chi connectivity index (χ2v) is 7.71. The minimum absolute atomic E-state index is 0.0734. The first-order valence-corrected chi connectivity index (χ1v) is 10.5. The lowest BCUT2D eigenvalue weighted by atomic mass is 10.1. The SMILES string of the molecule is CCOC(=O)c1ccc(N2CCN(C(=O)COc3ccc(Br)cc3)CC2)c([N+](=O)[O-])c1. The van der Waals surface area contributed by atoms with Crippen molar-refractivity contribution < 1.29 is 24.0 Å². The summed E-state index contributed by atoms with van der Waals surface area (Å²) in [7, 11) is 0. The summed E-state index contributed by atoms with van der Waals surface area (Å²) in [5.41, 5.74) is 0.386. The van der Waals surface area contributed by atoms with E-state index in [1.54, 1.807) is 30.0 Å². The predicted octanol–water partition coefficient (Wildman–Crippen LogP) is 3.26. The first kappa shape index (κ1) is 22.5. The number of ether oxygens (including phenoxy) is 2. The number of carbonyl (C=O) groups is 2. The number of esters is 1. The van der Waals surface area contributed by atoms with E-state index in [9.17, 15) is 19.7 Å². The molecule has 1 fully saturated rings. The second kappa shape index (κ2) is 10.3. The highest BCUT2D eigenvalue weighted by Crippen LogP contribution is 2.30. The highest BCUT2D eigenvalue weighted by atomic mass is 79.9. The first-order chi connectivity index (χ1) is 14.9. The Kier molecular flexibility index (Phi) is 7.45. The maximum absolute atomic E-state index is 12.5. The number of rotatable bonds is 7. The van der Waals surface area contributed by atoms with Crippen LogP contribution in [0, 0.1) is 10.1 Å². The summed E-state index contributed by atoms with van der Waals surface area (Å²) in [4.78, 5) is 38.9. The molecule has 1 aliphatic heterocycles. The van der Waals surface area contributed by atoms with Crippen LogP contribution in [0.1, 0.15) is 17.3 Å². The van der Waals surface area contributed by atoms with E-state index in [1.165, 1.54) is 12.1 Å². The van der Waals surface area contributed by atoms with E-state index < -0.39 is 10.9 Å². The van der Waals surface area contributed by atoms with Gasteiger partial charge in [-0.15, -0.1) is 0 Å². The van der Waals surface area contributed by atoms with Crippen LogP contribution in [-0.2, 0) is 9.53 Å². The number of nitro benzene ring substituents is 1. The normalized spacial score (nSPS) is 13.6. The third kappa shape index (κ3) is 5.72.